The van der Waals surface area contributed by atoms with Crippen LogP contribution >= 0.6 is 11.6 Å². The molecule has 1 atom stereocenters. The molecule has 0 fully saturated rings. The van der Waals surface area contributed by atoms with Gasteiger partial charge in [0.1, 0.15) is 0 Å². The Hall–Kier alpha value is -1.57. The first-order chi connectivity index (χ1) is 9.84. The van der Waals surface area contributed by atoms with E-state index in [9.17, 15) is 0 Å². The minimum absolute atomic E-state index is 0.000972. The van der Waals surface area contributed by atoms with Gasteiger partial charge in [0, 0.05) is 17.4 Å². The van der Waals surface area contributed by atoms with Gasteiger partial charge in [-0.15, -0.1) is 0 Å². The lowest BCUT2D eigenvalue weighted by atomic mass is 9.85. The van der Waals surface area contributed by atoms with Crippen LogP contribution in [0.25, 0.3) is 0 Å². The number of hydrogen-bond donors (Lipinski definition) is 0. The number of ether oxygens (including phenoxy) is 1. The fraction of sp³-hybridized carbons (Fsp3) is 0.222. The maximum absolute atomic E-state index is 6.21. The molecule has 3 rings (SSSR count). The summed E-state index contributed by atoms with van der Waals surface area (Å²) in [5.41, 5.74) is 2.51. The van der Waals surface area contributed by atoms with Crippen LogP contribution in [0.2, 0.25) is 0 Å². The molecule has 0 radical (unpaired) electrons. The molecule has 0 amide bonds. The summed E-state index contributed by atoms with van der Waals surface area (Å²) in [6.45, 7) is 0.691. The topological polar surface area (TPSA) is 9.23 Å². The van der Waals surface area contributed by atoms with E-state index < -0.39 is 0 Å². The van der Waals surface area contributed by atoms with Gasteiger partial charge < -0.3 is 4.74 Å². The maximum Gasteiger partial charge on any atom is 0.0879 e. The Kier molecular flexibility index (Phi) is 4.19. The van der Waals surface area contributed by atoms with Crippen molar-refractivity contribution in [2.75, 3.05) is 6.61 Å². The second kappa shape index (κ2) is 6.25. The van der Waals surface area contributed by atoms with Crippen molar-refractivity contribution in [1.29, 1.82) is 0 Å². The van der Waals surface area contributed by atoms with Gasteiger partial charge in [0.2, 0.25) is 0 Å². The van der Waals surface area contributed by atoms with Crippen molar-refractivity contribution < 1.29 is 4.74 Å². The Labute approximate surface area is 124 Å². The molecule has 102 valence electrons. The lowest BCUT2D eigenvalue weighted by molar-refractivity contribution is 0.0681. The molecule has 0 N–H and O–H groups in total. The lowest BCUT2D eigenvalue weighted by Gasteiger charge is -2.29. The van der Waals surface area contributed by atoms with Gasteiger partial charge in [0.25, 0.3) is 0 Å². The van der Waals surface area contributed by atoms with E-state index in [2.05, 4.69) is 54.6 Å². The highest BCUT2D eigenvalue weighted by molar-refractivity contribution is 6.29. The summed E-state index contributed by atoms with van der Waals surface area (Å²) in [5, 5.41) is 0.901. The molecule has 2 heteroatoms. The Balaban J connectivity index is 2.02. The van der Waals surface area contributed by atoms with Gasteiger partial charge in [0.15, 0.2) is 0 Å². The van der Waals surface area contributed by atoms with Crippen LogP contribution in [0.5, 0.6) is 0 Å². The van der Waals surface area contributed by atoms with Crippen molar-refractivity contribution in [3.05, 3.63) is 82.9 Å². The molecule has 20 heavy (non-hydrogen) atoms. The second-order valence-corrected chi connectivity index (χ2v) is 5.48. The standard InChI is InChI=1S/C18H17ClO/c19-16-11-12-20-17(13-16)18(14-7-3-1-4-8-14)15-9-5-2-6-10-15/h1-10,13,17-18H,11-12H2. The summed E-state index contributed by atoms with van der Waals surface area (Å²) in [6, 6.07) is 21.0. The maximum atomic E-state index is 6.21. The molecule has 0 spiro atoms. The number of halogens is 1. The van der Waals surface area contributed by atoms with E-state index in [0.29, 0.717) is 6.61 Å². The Bertz CT molecular complexity index is 537. The molecular weight excluding hydrogens is 268 g/mol. The molecule has 1 nitrogen and oxygen atoms in total. The first-order valence-corrected chi connectivity index (χ1v) is 7.30. The molecule has 0 saturated heterocycles. The van der Waals surface area contributed by atoms with E-state index in [1.54, 1.807) is 0 Å². The number of benzene rings is 2. The van der Waals surface area contributed by atoms with Crippen LogP contribution in [-0.4, -0.2) is 12.7 Å². The minimum atomic E-state index is 0.000972. The summed E-state index contributed by atoms with van der Waals surface area (Å²) in [5.74, 6) is 0.187. The Morgan fingerprint density at radius 2 is 1.45 bits per heavy atom. The van der Waals surface area contributed by atoms with Crippen LogP contribution in [0.1, 0.15) is 23.5 Å². The van der Waals surface area contributed by atoms with Crippen molar-refractivity contribution in [2.24, 2.45) is 0 Å². The van der Waals surface area contributed by atoms with Crippen molar-refractivity contribution >= 4 is 11.6 Å². The average molecular weight is 285 g/mol. The molecule has 0 saturated carbocycles. The van der Waals surface area contributed by atoms with E-state index in [4.69, 9.17) is 16.3 Å². The first-order valence-electron chi connectivity index (χ1n) is 6.92. The smallest absolute Gasteiger partial charge is 0.0879 e. The number of hydrogen-bond acceptors (Lipinski definition) is 1. The van der Waals surface area contributed by atoms with E-state index in [1.807, 2.05) is 12.1 Å². The molecule has 1 aliphatic heterocycles. The summed E-state index contributed by atoms with van der Waals surface area (Å²) >= 11 is 6.21. The van der Waals surface area contributed by atoms with Gasteiger partial charge in [-0.25, -0.2) is 0 Å². The van der Waals surface area contributed by atoms with Crippen molar-refractivity contribution in [2.45, 2.75) is 18.4 Å². The van der Waals surface area contributed by atoms with E-state index in [1.165, 1.54) is 11.1 Å². The molecule has 2 aromatic carbocycles. The van der Waals surface area contributed by atoms with Crippen molar-refractivity contribution in [3.63, 3.8) is 0 Å². The number of rotatable bonds is 3. The lowest BCUT2D eigenvalue weighted by Crippen LogP contribution is -2.25. The quantitative estimate of drug-likeness (QED) is 0.792. The Morgan fingerprint density at radius 3 is 1.95 bits per heavy atom. The van der Waals surface area contributed by atoms with Crippen LogP contribution in [0.15, 0.2) is 71.8 Å². The summed E-state index contributed by atoms with van der Waals surface area (Å²) < 4.78 is 5.96. The molecule has 0 aliphatic carbocycles. The van der Waals surface area contributed by atoms with Gasteiger partial charge >= 0.3 is 0 Å². The van der Waals surface area contributed by atoms with Crippen molar-refractivity contribution in [3.8, 4) is 0 Å². The third-order valence-corrected chi connectivity index (χ3v) is 3.96. The first kappa shape index (κ1) is 13.4. The Morgan fingerprint density at radius 1 is 0.900 bits per heavy atom. The fourth-order valence-corrected chi connectivity index (χ4v) is 2.89. The van der Waals surface area contributed by atoms with Crippen LogP contribution in [0.4, 0.5) is 0 Å². The molecule has 2 aromatic rings. The molecule has 1 aliphatic rings. The predicted molar refractivity (Wildman–Crippen MR) is 83.0 cm³/mol. The average Bonchev–Trinajstić information content (AvgIpc) is 2.50. The third kappa shape index (κ3) is 2.95. The normalized spacial score (nSPS) is 18.9. The van der Waals surface area contributed by atoms with Gasteiger partial charge in [-0.1, -0.05) is 72.3 Å². The van der Waals surface area contributed by atoms with E-state index in [-0.39, 0.29) is 12.0 Å². The van der Waals surface area contributed by atoms with Crippen LogP contribution in [0, 0.1) is 0 Å². The summed E-state index contributed by atoms with van der Waals surface area (Å²) in [7, 11) is 0. The highest BCUT2D eigenvalue weighted by Gasteiger charge is 2.26. The zero-order valence-electron chi connectivity index (χ0n) is 11.2. The third-order valence-electron chi connectivity index (χ3n) is 3.64. The molecule has 0 bridgehead atoms. The molecular formula is C18H17ClO. The van der Waals surface area contributed by atoms with Crippen molar-refractivity contribution in [1.82, 2.24) is 0 Å². The zero-order valence-corrected chi connectivity index (χ0v) is 12.0. The molecule has 1 heterocycles. The largest absolute Gasteiger partial charge is 0.373 e. The highest BCUT2D eigenvalue weighted by Crippen LogP contribution is 2.33. The van der Waals surface area contributed by atoms with E-state index >= 15 is 0 Å². The molecule has 0 aromatic heterocycles. The van der Waals surface area contributed by atoms with Crippen LogP contribution < -0.4 is 0 Å². The summed E-state index contributed by atoms with van der Waals surface area (Å²) in [6.07, 6.45) is 2.87. The van der Waals surface area contributed by atoms with Crippen LogP contribution in [0.3, 0.4) is 0 Å². The second-order valence-electron chi connectivity index (χ2n) is 5.00. The van der Waals surface area contributed by atoms with Gasteiger partial charge in [-0.3, -0.25) is 0 Å². The highest BCUT2D eigenvalue weighted by atomic mass is 35.5. The fourth-order valence-electron chi connectivity index (χ4n) is 2.69. The van der Waals surface area contributed by atoms with E-state index in [0.717, 1.165) is 11.5 Å². The zero-order chi connectivity index (χ0) is 13.8. The van der Waals surface area contributed by atoms with Gasteiger partial charge in [0.05, 0.1) is 12.7 Å². The monoisotopic (exact) mass is 284 g/mol. The van der Waals surface area contributed by atoms with Gasteiger partial charge in [-0.2, -0.15) is 0 Å². The molecule has 1 unspecified atom stereocenters. The summed E-state index contributed by atoms with van der Waals surface area (Å²) in [4.78, 5) is 0. The van der Waals surface area contributed by atoms with Crippen LogP contribution in [-0.2, 0) is 4.74 Å². The predicted octanol–water partition coefficient (Wildman–Crippen LogP) is 4.73. The SMILES string of the molecule is ClC1=CC(C(c2ccccc2)c2ccccc2)OCC1. The minimum Gasteiger partial charge on any atom is -0.373 e. The van der Waals surface area contributed by atoms with Gasteiger partial charge in [-0.05, 0) is 17.2 Å².